The van der Waals surface area contributed by atoms with Crippen molar-refractivity contribution in [3.8, 4) is 17.2 Å². The third kappa shape index (κ3) is 3.41. The van der Waals surface area contributed by atoms with Crippen molar-refractivity contribution in [2.24, 2.45) is 0 Å². The summed E-state index contributed by atoms with van der Waals surface area (Å²) in [6, 6.07) is 7.20. The average molecular weight is 390 g/mol. The number of hydrogen-bond donors (Lipinski definition) is 1. The number of sulfone groups is 1. The van der Waals surface area contributed by atoms with Gasteiger partial charge >= 0.3 is 0 Å². The lowest BCUT2D eigenvalue weighted by atomic mass is 10.2. The van der Waals surface area contributed by atoms with Gasteiger partial charge in [-0.25, -0.2) is 8.42 Å². The molecule has 0 spiro atoms. The van der Waals surface area contributed by atoms with Crippen LogP contribution in [-0.4, -0.2) is 49.7 Å². The van der Waals surface area contributed by atoms with Crippen LogP contribution in [0, 0.1) is 13.8 Å². The highest BCUT2D eigenvalue weighted by Crippen LogP contribution is 2.33. The van der Waals surface area contributed by atoms with Crippen LogP contribution in [-0.2, 0) is 9.84 Å². The normalized spacial score (nSPS) is 20.4. The number of nitrogens with zero attached hydrogens (tertiary/aromatic N) is 1. The minimum atomic E-state index is -3.03. The summed E-state index contributed by atoms with van der Waals surface area (Å²) in [6.45, 7) is 4.86. The molecule has 3 heterocycles. The fraction of sp³-hybridized carbons (Fsp3) is 0.421. The van der Waals surface area contributed by atoms with Crippen LogP contribution in [0.1, 0.15) is 28.2 Å². The molecule has 27 heavy (non-hydrogen) atoms. The van der Waals surface area contributed by atoms with E-state index in [0.717, 1.165) is 17.1 Å². The molecule has 0 saturated carbocycles. The second kappa shape index (κ2) is 6.60. The zero-order chi connectivity index (χ0) is 19.2. The molecule has 8 heteroatoms. The number of rotatable bonds is 3. The second-order valence-electron chi connectivity index (χ2n) is 7.02. The highest BCUT2D eigenvalue weighted by molar-refractivity contribution is 7.91. The molecule has 4 rings (SSSR count). The highest BCUT2D eigenvalue weighted by Gasteiger charge is 2.30. The number of carbonyl (C=O) groups excluding carboxylic acids is 1. The van der Waals surface area contributed by atoms with Gasteiger partial charge in [-0.3, -0.25) is 4.79 Å². The molecule has 1 aromatic carbocycles. The number of nitrogens with one attached hydrogen (secondary N) is 1. The molecule has 0 radical (unpaired) electrons. The first-order valence-electron chi connectivity index (χ1n) is 8.94. The number of aromatic nitrogens is 1. The Morgan fingerprint density at radius 2 is 1.89 bits per heavy atom. The minimum absolute atomic E-state index is 0.0135. The summed E-state index contributed by atoms with van der Waals surface area (Å²) in [5, 5.41) is 2.86. The predicted molar refractivity (Wildman–Crippen MR) is 101 cm³/mol. The molecule has 1 N–H and O–H groups in total. The zero-order valence-corrected chi connectivity index (χ0v) is 16.1. The number of fused-ring (bicyclic) bond motifs is 1. The molecule has 7 nitrogen and oxygen atoms in total. The SMILES string of the molecule is Cc1cc(C(=O)N[C@@H]2CCS(=O)(=O)C2)c(C)n1-c1ccc2c(c1)OCCO2. The Labute approximate surface area is 158 Å². The van der Waals surface area contributed by atoms with Crippen molar-refractivity contribution in [2.75, 3.05) is 24.7 Å². The molecule has 144 valence electrons. The van der Waals surface area contributed by atoms with E-state index < -0.39 is 9.84 Å². The standard InChI is InChI=1S/C19H22N2O5S/c1-12-9-16(19(22)20-14-5-8-27(23,24)11-14)13(2)21(12)15-3-4-17-18(10-15)26-7-6-25-17/h3-4,9-10,14H,5-8,11H2,1-2H3,(H,20,22)/t14-/m1/s1. The molecule has 1 saturated heterocycles. The van der Waals surface area contributed by atoms with Crippen molar-refractivity contribution in [1.29, 1.82) is 0 Å². The first kappa shape index (κ1) is 17.9. The lowest BCUT2D eigenvalue weighted by Gasteiger charge is -2.20. The van der Waals surface area contributed by atoms with Crippen molar-refractivity contribution in [2.45, 2.75) is 26.3 Å². The Kier molecular flexibility index (Phi) is 4.38. The van der Waals surface area contributed by atoms with Gasteiger partial charge in [0, 0.05) is 29.2 Å². The van der Waals surface area contributed by atoms with Crippen LogP contribution in [0.2, 0.25) is 0 Å². The van der Waals surface area contributed by atoms with Gasteiger partial charge < -0.3 is 19.4 Å². The first-order valence-corrected chi connectivity index (χ1v) is 10.8. The van der Waals surface area contributed by atoms with Crippen molar-refractivity contribution < 1.29 is 22.7 Å². The summed E-state index contributed by atoms with van der Waals surface area (Å²) in [5.74, 6) is 1.31. The van der Waals surface area contributed by atoms with Gasteiger partial charge in [-0.15, -0.1) is 0 Å². The van der Waals surface area contributed by atoms with Crippen LogP contribution < -0.4 is 14.8 Å². The number of carbonyl (C=O) groups is 1. The molecule has 0 aliphatic carbocycles. The van der Waals surface area contributed by atoms with Gasteiger partial charge in [0.05, 0.1) is 17.1 Å². The lowest BCUT2D eigenvalue weighted by molar-refractivity contribution is 0.0940. The summed E-state index contributed by atoms with van der Waals surface area (Å²) in [6.07, 6.45) is 0.467. The number of ether oxygens (including phenoxy) is 2. The van der Waals surface area contributed by atoms with Gasteiger partial charge in [0.15, 0.2) is 21.3 Å². The third-order valence-electron chi connectivity index (χ3n) is 5.03. The second-order valence-corrected chi connectivity index (χ2v) is 9.25. The Bertz CT molecular complexity index is 1010. The molecule has 0 unspecified atom stereocenters. The number of amides is 1. The number of benzene rings is 1. The summed E-state index contributed by atoms with van der Waals surface area (Å²) < 4.78 is 36.4. The maximum absolute atomic E-state index is 12.7. The quantitative estimate of drug-likeness (QED) is 0.863. The van der Waals surface area contributed by atoms with Crippen molar-refractivity contribution in [3.05, 3.63) is 41.2 Å². The van der Waals surface area contributed by atoms with Gasteiger partial charge in [-0.1, -0.05) is 0 Å². The smallest absolute Gasteiger partial charge is 0.253 e. The van der Waals surface area contributed by atoms with E-state index in [1.54, 1.807) is 0 Å². The zero-order valence-electron chi connectivity index (χ0n) is 15.3. The lowest BCUT2D eigenvalue weighted by Crippen LogP contribution is -2.35. The summed E-state index contributed by atoms with van der Waals surface area (Å²) in [4.78, 5) is 12.7. The van der Waals surface area contributed by atoms with E-state index in [2.05, 4.69) is 5.32 Å². The van der Waals surface area contributed by atoms with Gasteiger partial charge in [0.25, 0.3) is 5.91 Å². The van der Waals surface area contributed by atoms with Crippen LogP contribution >= 0.6 is 0 Å². The van der Waals surface area contributed by atoms with Crippen molar-refractivity contribution in [3.63, 3.8) is 0 Å². The van der Waals surface area contributed by atoms with E-state index in [-0.39, 0.29) is 23.5 Å². The summed E-state index contributed by atoms with van der Waals surface area (Å²) in [5.41, 5.74) is 3.14. The highest BCUT2D eigenvalue weighted by atomic mass is 32.2. The minimum Gasteiger partial charge on any atom is -0.486 e. The molecule has 1 fully saturated rings. The third-order valence-corrected chi connectivity index (χ3v) is 6.80. The largest absolute Gasteiger partial charge is 0.486 e. The maximum atomic E-state index is 12.7. The van der Waals surface area contributed by atoms with E-state index in [9.17, 15) is 13.2 Å². The molecular weight excluding hydrogens is 368 g/mol. The molecule has 0 bridgehead atoms. The Morgan fingerprint density at radius 1 is 1.15 bits per heavy atom. The Hall–Kier alpha value is -2.48. The fourth-order valence-corrected chi connectivity index (χ4v) is 5.41. The van der Waals surface area contributed by atoms with E-state index in [4.69, 9.17) is 9.47 Å². The topological polar surface area (TPSA) is 86.6 Å². The van der Waals surface area contributed by atoms with Gasteiger partial charge in [0.2, 0.25) is 0 Å². The van der Waals surface area contributed by atoms with Gasteiger partial charge in [-0.05, 0) is 38.5 Å². The van der Waals surface area contributed by atoms with E-state index in [1.807, 2.05) is 42.7 Å². The van der Waals surface area contributed by atoms with Crippen molar-refractivity contribution >= 4 is 15.7 Å². The molecule has 2 aliphatic heterocycles. The number of aryl methyl sites for hydroxylation is 1. The van der Waals surface area contributed by atoms with Crippen LogP contribution in [0.4, 0.5) is 0 Å². The van der Waals surface area contributed by atoms with Crippen molar-refractivity contribution in [1.82, 2.24) is 9.88 Å². The van der Waals surface area contributed by atoms with Crippen LogP contribution in [0.15, 0.2) is 24.3 Å². The summed E-state index contributed by atoms with van der Waals surface area (Å²) >= 11 is 0. The van der Waals surface area contributed by atoms with Gasteiger partial charge in [-0.2, -0.15) is 0 Å². The molecule has 1 atom stereocenters. The fourth-order valence-electron chi connectivity index (χ4n) is 3.73. The molecule has 1 amide bonds. The maximum Gasteiger partial charge on any atom is 0.253 e. The molecule has 1 aromatic heterocycles. The number of hydrogen-bond acceptors (Lipinski definition) is 5. The predicted octanol–water partition coefficient (Wildman–Crippen LogP) is 1.78. The Morgan fingerprint density at radius 3 is 2.59 bits per heavy atom. The first-order chi connectivity index (χ1) is 12.8. The summed E-state index contributed by atoms with van der Waals surface area (Å²) in [7, 11) is -3.03. The monoisotopic (exact) mass is 390 g/mol. The van der Waals surface area contributed by atoms with Gasteiger partial charge in [0.1, 0.15) is 13.2 Å². The van der Waals surface area contributed by atoms with Crippen LogP contribution in [0.25, 0.3) is 5.69 Å². The van der Waals surface area contributed by atoms with Crippen LogP contribution in [0.3, 0.4) is 0 Å². The molecule has 2 aliphatic rings. The van der Waals surface area contributed by atoms with E-state index in [1.165, 1.54) is 0 Å². The average Bonchev–Trinajstić information content (AvgIpc) is 3.12. The molecular formula is C19H22N2O5S. The van der Waals surface area contributed by atoms with E-state index >= 15 is 0 Å². The van der Waals surface area contributed by atoms with E-state index in [0.29, 0.717) is 36.7 Å². The molecule has 2 aromatic rings. The van der Waals surface area contributed by atoms with Crippen LogP contribution in [0.5, 0.6) is 11.5 Å². The Balaban J connectivity index is 1.61.